The predicted octanol–water partition coefficient (Wildman–Crippen LogP) is 3.32. The molecule has 1 fully saturated rings. The Labute approximate surface area is 120 Å². The van der Waals surface area contributed by atoms with Gasteiger partial charge in [-0.25, -0.2) is 8.78 Å². The highest BCUT2D eigenvalue weighted by Crippen LogP contribution is 2.16. The van der Waals surface area contributed by atoms with E-state index < -0.39 is 11.6 Å². The number of piperidine rings is 1. The summed E-state index contributed by atoms with van der Waals surface area (Å²) in [5.74, 6) is -1.50. The van der Waals surface area contributed by atoms with Gasteiger partial charge in [0.15, 0.2) is 11.6 Å². The second kappa shape index (κ2) is 7.70. The first-order chi connectivity index (χ1) is 9.68. The minimum atomic E-state index is -0.772. The van der Waals surface area contributed by atoms with Gasteiger partial charge in [0.25, 0.3) is 0 Å². The molecule has 0 bridgehead atoms. The van der Waals surface area contributed by atoms with E-state index in [1.165, 1.54) is 25.8 Å². The molecule has 1 N–H and O–H groups in total. The Kier molecular flexibility index (Phi) is 5.92. The number of benzene rings is 1. The quantitative estimate of drug-likeness (QED) is 0.805. The molecular weight excluding hydrogens is 258 g/mol. The Balaban J connectivity index is 1.65. The lowest BCUT2D eigenvalue weighted by Crippen LogP contribution is -2.38. The molecule has 1 heterocycles. The summed E-state index contributed by atoms with van der Waals surface area (Å²) in [6.45, 7) is 5.78. The highest BCUT2D eigenvalue weighted by Gasteiger charge is 2.17. The molecule has 0 aliphatic carbocycles. The lowest BCUT2D eigenvalue weighted by atomic mass is 10.0. The molecule has 1 aliphatic heterocycles. The van der Waals surface area contributed by atoms with Crippen molar-refractivity contribution in [2.75, 3.05) is 19.6 Å². The van der Waals surface area contributed by atoms with E-state index in [-0.39, 0.29) is 0 Å². The standard InChI is InChI=1S/C16H24F2N2/c1-13-6-2-3-10-20(13)11-5-9-19-12-14-7-4-8-15(17)16(14)18/h4,7-8,13,19H,2-3,5-6,9-12H2,1H3. The SMILES string of the molecule is CC1CCCCN1CCCNCc1cccc(F)c1F. The lowest BCUT2D eigenvalue weighted by Gasteiger charge is -2.33. The molecule has 20 heavy (non-hydrogen) atoms. The average molecular weight is 282 g/mol. The van der Waals surface area contributed by atoms with Gasteiger partial charge in [-0.3, -0.25) is 0 Å². The fraction of sp³-hybridized carbons (Fsp3) is 0.625. The molecule has 0 aromatic heterocycles. The zero-order valence-electron chi connectivity index (χ0n) is 12.2. The summed E-state index contributed by atoms with van der Waals surface area (Å²) in [6.07, 6.45) is 4.98. The summed E-state index contributed by atoms with van der Waals surface area (Å²) < 4.78 is 26.5. The third kappa shape index (κ3) is 4.25. The van der Waals surface area contributed by atoms with Crippen molar-refractivity contribution in [2.24, 2.45) is 0 Å². The predicted molar refractivity (Wildman–Crippen MR) is 77.6 cm³/mol. The van der Waals surface area contributed by atoms with E-state index in [0.717, 1.165) is 25.6 Å². The number of hydrogen-bond acceptors (Lipinski definition) is 2. The van der Waals surface area contributed by atoms with E-state index in [4.69, 9.17) is 0 Å². The Morgan fingerprint density at radius 2 is 2.15 bits per heavy atom. The van der Waals surface area contributed by atoms with Gasteiger partial charge in [0, 0.05) is 18.2 Å². The van der Waals surface area contributed by atoms with E-state index in [9.17, 15) is 8.78 Å². The van der Waals surface area contributed by atoms with Crippen LogP contribution in [0.4, 0.5) is 8.78 Å². The Bertz CT molecular complexity index is 423. The number of likely N-dealkylation sites (tertiary alicyclic amines) is 1. The van der Waals surface area contributed by atoms with Crippen LogP contribution >= 0.6 is 0 Å². The number of halogens is 2. The molecule has 0 radical (unpaired) electrons. The molecule has 1 aliphatic rings. The van der Waals surface area contributed by atoms with Crippen molar-refractivity contribution in [1.82, 2.24) is 10.2 Å². The van der Waals surface area contributed by atoms with Crippen LogP contribution in [0.15, 0.2) is 18.2 Å². The highest BCUT2D eigenvalue weighted by atomic mass is 19.2. The Morgan fingerprint density at radius 3 is 2.95 bits per heavy atom. The first-order valence-corrected chi connectivity index (χ1v) is 7.56. The summed E-state index contributed by atoms with van der Waals surface area (Å²) in [4.78, 5) is 2.52. The van der Waals surface area contributed by atoms with Crippen LogP contribution in [0.25, 0.3) is 0 Å². The first-order valence-electron chi connectivity index (χ1n) is 7.56. The Hall–Kier alpha value is -1.00. The van der Waals surface area contributed by atoms with Crippen LogP contribution in [-0.2, 0) is 6.54 Å². The molecule has 2 nitrogen and oxygen atoms in total. The molecule has 4 heteroatoms. The molecule has 0 spiro atoms. The smallest absolute Gasteiger partial charge is 0.163 e. The van der Waals surface area contributed by atoms with Gasteiger partial charge in [0.2, 0.25) is 0 Å². The van der Waals surface area contributed by atoms with Gasteiger partial charge < -0.3 is 10.2 Å². The van der Waals surface area contributed by atoms with Gasteiger partial charge in [0.1, 0.15) is 0 Å². The van der Waals surface area contributed by atoms with Crippen molar-refractivity contribution in [2.45, 2.75) is 45.2 Å². The van der Waals surface area contributed by atoms with E-state index in [1.807, 2.05) is 0 Å². The highest BCUT2D eigenvalue weighted by molar-refractivity contribution is 5.18. The van der Waals surface area contributed by atoms with Crippen LogP contribution in [0.3, 0.4) is 0 Å². The third-order valence-electron chi connectivity index (χ3n) is 4.09. The zero-order chi connectivity index (χ0) is 14.4. The molecule has 0 saturated carbocycles. The first kappa shape index (κ1) is 15.4. The minimum absolute atomic E-state index is 0.388. The number of nitrogens with one attached hydrogen (secondary N) is 1. The van der Waals surface area contributed by atoms with Crippen LogP contribution in [0.5, 0.6) is 0 Å². The second-order valence-corrected chi connectivity index (χ2v) is 5.62. The normalized spacial score (nSPS) is 20.2. The number of nitrogens with zero attached hydrogens (tertiary/aromatic N) is 1. The summed E-state index contributed by atoms with van der Waals surface area (Å²) in [5, 5.41) is 3.19. The van der Waals surface area contributed by atoms with Crippen LogP contribution in [0, 0.1) is 11.6 Å². The second-order valence-electron chi connectivity index (χ2n) is 5.62. The van der Waals surface area contributed by atoms with Crippen LogP contribution in [-0.4, -0.2) is 30.6 Å². The van der Waals surface area contributed by atoms with Crippen molar-refractivity contribution < 1.29 is 8.78 Å². The van der Waals surface area contributed by atoms with Crippen molar-refractivity contribution in [1.29, 1.82) is 0 Å². The molecule has 1 aromatic carbocycles. The summed E-state index contributed by atoms with van der Waals surface area (Å²) in [6, 6.07) is 5.00. The summed E-state index contributed by atoms with van der Waals surface area (Å²) >= 11 is 0. The minimum Gasteiger partial charge on any atom is -0.313 e. The zero-order valence-corrected chi connectivity index (χ0v) is 12.2. The summed E-state index contributed by atoms with van der Waals surface area (Å²) in [7, 11) is 0. The van der Waals surface area contributed by atoms with Gasteiger partial charge in [-0.1, -0.05) is 18.6 Å². The van der Waals surface area contributed by atoms with Gasteiger partial charge in [0.05, 0.1) is 0 Å². The Morgan fingerprint density at radius 1 is 1.30 bits per heavy atom. The maximum absolute atomic E-state index is 13.4. The van der Waals surface area contributed by atoms with Crippen molar-refractivity contribution in [3.8, 4) is 0 Å². The van der Waals surface area contributed by atoms with Gasteiger partial charge in [-0.15, -0.1) is 0 Å². The van der Waals surface area contributed by atoms with Crippen LogP contribution < -0.4 is 5.32 Å². The number of rotatable bonds is 6. The van der Waals surface area contributed by atoms with Crippen molar-refractivity contribution >= 4 is 0 Å². The van der Waals surface area contributed by atoms with Crippen molar-refractivity contribution in [3.63, 3.8) is 0 Å². The topological polar surface area (TPSA) is 15.3 Å². The average Bonchev–Trinajstić information content (AvgIpc) is 2.45. The van der Waals surface area contributed by atoms with E-state index in [1.54, 1.807) is 12.1 Å². The maximum Gasteiger partial charge on any atom is 0.163 e. The molecule has 1 aromatic rings. The fourth-order valence-corrected chi connectivity index (χ4v) is 2.80. The lowest BCUT2D eigenvalue weighted by molar-refractivity contribution is 0.159. The molecule has 1 saturated heterocycles. The number of hydrogen-bond donors (Lipinski definition) is 1. The van der Waals surface area contributed by atoms with Crippen LogP contribution in [0.2, 0.25) is 0 Å². The monoisotopic (exact) mass is 282 g/mol. The van der Waals surface area contributed by atoms with Crippen molar-refractivity contribution in [3.05, 3.63) is 35.4 Å². The largest absolute Gasteiger partial charge is 0.313 e. The molecule has 112 valence electrons. The third-order valence-corrected chi connectivity index (χ3v) is 4.09. The van der Waals surface area contributed by atoms with Gasteiger partial charge in [-0.2, -0.15) is 0 Å². The van der Waals surface area contributed by atoms with E-state index in [2.05, 4.69) is 17.1 Å². The molecule has 0 amide bonds. The van der Waals surface area contributed by atoms with E-state index in [0.29, 0.717) is 18.2 Å². The summed E-state index contributed by atoms with van der Waals surface area (Å²) in [5.41, 5.74) is 0.399. The van der Waals surface area contributed by atoms with E-state index >= 15 is 0 Å². The van der Waals surface area contributed by atoms with Gasteiger partial charge in [-0.05, 0) is 51.9 Å². The molecule has 1 unspecified atom stereocenters. The molecule has 1 atom stereocenters. The molecular formula is C16H24F2N2. The van der Waals surface area contributed by atoms with Crippen LogP contribution in [0.1, 0.15) is 38.2 Å². The fourth-order valence-electron chi connectivity index (χ4n) is 2.80. The van der Waals surface area contributed by atoms with Gasteiger partial charge >= 0.3 is 0 Å². The maximum atomic E-state index is 13.4. The molecule has 2 rings (SSSR count).